The van der Waals surface area contributed by atoms with E-state index in [0.29, 0.717) is 44.8 Å². The maximum atomic E-state index is 12.5. The number of likely N-dealkylation sites (tertiary alicyclic amines) is 1. The highest BCUT2D eigenvalue weighted by molar-refractivity contribution is 7.18. The Morgan fingerprint density at radius 3 is 2.90 bits per heavy atom. The summed E-state index contributed by atoms with van der Waals surface area (Å²) in [5.41, 5.74) is 3.16. The van der Waals surface area contributed by atoms with Gasteiger partial charge in [-0.15, -0.1) is 11.3 Å². The number of aromatic nitrogens is 2. The lowest BCUT2D eigenvalue weighted by molar-refractivity contribution is -0.128. The lowest BCUT2D eigenvalue weighted by Gasteiger charge is -2.42. The Bertz CT molecular complexity index is 1500. The molecule has 2 aromatic heterocycles. The number of fused-ring (bicyclic) bond motifs is 2. The van der Waals surface area contributed by atoms with Crippen molar-refractivity contribution < 1.29 is 9.53 Å². The quantitative estimate of drug-likeness (QED) is 0.371. The van der Waals surface area contributed by atoms with Crippen molar-refractivity contribution in [1.82, 2.24) is 19.8 Å². The van der Waals surface area contributed by atoms with Gasteiger partial charge in [0.15, 0.2) is 0 Å². The summed E-state index contributed by atoms with van der Waals surface area (Å²) >= 11 is 8.27. The molecule has 0 saturated carbocycles. The number of amides is 1. The number of piperazine rings is 1. The number of anilines is 2. The molecular weight excluding hydrogens is 558 g/mol. The molecule has 6 rings (SSSR count). The molecule has 3 aliphatic rings. The Morgan fingerprint density at radius 2 is 2.12 bits per heavy atom. The minimum absolute atomic E-state index is 0.142. The van der Waals surface area contributed by atoms with Gasteiger partial charge < -0.3 is 24.3 Å². The number of ether oxygens (including phenoxy) is 1. The number of thiophene rings is 1. The zero-order valence-electron chi connectivity index (χ0n) is 23.3. The molecule has 3 aromatic rings. The number of nitriles is 1. The van der Waals surface area contributed by atoms with Gasteiger partial charge in [-0.1, -0.05) is 24.2 Å². The van der Waals surface area contributed by atoms with Crippen LogP contribution in [0.5, 0.6) is 6.01 Å². The molecule has 0 bridgehead atoms. The third kappa shape index (κ3) is 5.46. The molecule has 214 valence electrons. The Hall–Kier alpha value is -3.39. The number of halogens is 1. The van der Waals surface area contributed by atoms with Gasteiger partial charge in [0.25, 0.3) is 0 Å². The highest BCUT2D eigenvalue weighted by atomic mass is 35.5. The van der Waals surface area contributed by atoms with E-state index in [1.54, 1.807) is 16.2 Å². The lowest BCUT2D eigenvalue weighted by Crippen LogP contribution is -2.55. The molecule has 0 aliphatic carbocycles. The monoisotopic (exact) mass is 591 g/mol. The van der Waals surface area contributed by atoms with Crippen LogP contribution in [0, 0.1) is 11.3 Å². The smallest absolute Gasteiger partial charge is 0.318 e. The molecule has 0 spiro atoms. The second-order valence-electron chi connectivity index (χ2n) is 10.9. The summed E-state index contributed by atoms with van der Waals surface area (Å²) in [7, 11) is 2.13. The van der Waals surface area contributed by atoms with Gasteiger partial charge in [-0.05, 0) is 51.1 Å². The van der Waals surface area contributed by atoms with Crippen LogP contribution in [0.25, 0.3) is 10.1 Å². The molecule has 3 aliphatic heterocycles. The molecule has 11 heteroatoms. The first-order valence-electron chi connectivity index (χ1n) is 14.1. The second kappa shape index (κ2) is 11.8. The Morgan fingerprint density at radius 1 is 1.24 bits per heavy atom. The van der Waals surface area contributed by atoms with Crippen molar-refractivity contribution in [3.63, 3.8) is 0 Å². The van der Waals surface area contributed by atoms with Gasteiger partial charge in [0.2, 0.25) is 5.91 Å². The van der Waals surface area contributed by atoms with Crippen LogP contribution in [0.15, 0.2) is 36.2 Å². The van der Waals surface area contributed by atoms with Crippen LogP contribution in [0.3, 0.4) is 0 Å². The third-order valence-electron chi connectivity index (χ3n) is 8.54. The van der Waals surface area contributed by atoms with Gasteiger partial charge in [0.05, 0.1) is 35.8 Å². The standard InChI is InChI=1S/C30H34ClN7O2S/c1-3-27(39)38-15-14-37(16-20(38)9-11-32)29-22-10-13-36(25-7-4-8-26-28(25)23(31)19-41-26)17-24(22)33-30(34-29)40-18-21-6-5-12-35(21)2/h3-4,7-8,19-21H,1,5-6,9-10,12-18H2,2H3/t20-,21-/m0/s1. The second-order valence-corrected chi connectivity index (χ2v) is 12.3. The Labute approximate surface area is 249 Å². The fourth-order valence-corrected chi connectivity index (χ4v) is 7.54. The molecule has 5 heterocycles. The molecule has 0 radical (unpaired) electrons. The van der Waals surface area contributed by atoms with E-state index in [-0.39, 0.29) is 18.4 Å². The summed E-state index contributed by atoms with van der Waals surface area (Å²) in [6.45, 7) is 8.33. The predicted octanol–water partition coefficient (Wildman–Crippen LogP) is 4.50. The summed E-state index contributed by atoms with van der Waals surface area (Å²) in [5.74, 6) is 0.709. The third-order valence-corrected chi connectivity index (χ3v) is 9.91. The molecule has 1 amide bonds. The maximum absolute atomic E-state index is 12.5. The molecule has 0 N–H and O–H groups in total. The zero-order valence-corrected chi connectivity index (χ0v) is 24.8. The van der Waals surface area contributed by atoms with Crippen molar-refractivity contribution >= 4 is 50.4 Å². The fourth-order valence-electron chi connectivity index (χ4n) is 6.31. The molecule has 0 unspecified atom stereocenters. The average molecular weight is 592 g/mol. The zero-order chi connectivity index (χ0) is 28.5. The van der Waals surface area contributed by atoms with E-state index in [0.717, 1.165) is 59.1 Å². The molecule has 2 saturated heterocycles. The van der Waals surface area contributed by atoms with Crippen LogP contribution in [-0.2, 0) is 17.8 Å². The molecule has 41 heavy (non-hydrogen) atoms. The lowest BCUT2D eigenvalue weighted by atomic mass is 10.0. The van der Waals surface area contributed by atoms with E-state index in [1.807, 2.05) is 5.38 Å². The summed E-state index contributed by atoms with van der Waals surface area (Å²) in [6.07, 6.45) is 4.61. The van der Waals surface area contributed by atoms with Crippen LogP contribution < -0.4 is 14.5 Å². The van der Waals surface area contributed by atoms with Gasteiger partial charge >= 0.3 is 6.01 Å². The van der Waals surface area contributed by atoms with Gasteiger partial charge in [-0.2, -0.15) is 15.2 Å². The van der Waals surface area contributed by atoms with E-state index in [9.17, 15) is 10.1 Å². The van der Waals surface area contributed by atoms with Crippen molar-refractivity contribution in [3.05, 3.63) is 52.5 Å². The number of rotatable bonds is 7. The topological polar surface area (TPSA) is 88.8 Å². The van der Waals surface area contributed by atoms with Crippen LogP contribution in [0.4, 0.5) is 11.5 Å². The van der Waals surface area contributed by atoms with E-state index < -0.39 is 0 Å². The van der Waals surface area contributed by atoms with Crippen molar-refractivity contribution in [3.8, 4) is 12.1 Å². The summed E-state index contributed by atoms with van der Waals surface area (Å²) < 4.78 is 7.44. The highest BCUT2D eigenvalue weighted by Crippen LogP contribution is 2.40. The van der Waals surface area contributed by atoms with Gasteiger partial charge in [0, 0.05) is 58.9 Å². The molecule has 2 fully saturated rings. The first-order chi connectivity index (χ1) is 20.0. The number of benzene rings is 1. The highest BCUT2D eigenvalue weighted by Gasteiger charge is 2.34. The number of nitrogens with zero attached hydrogens (tertiary/aromatic N) is 7. The van der Waals surface area contributed by atoms with E-state index in [4.69, 9.17) is 26.3 Å². The van der Waals surface area contributed by atoms with E-state index in [1.165, 1.54) is 17.2 Å². The van der Waals surface area contributed by atoms with Crippen LogP contribution in [-0.4, -0.2) is 84.1 Å². The van der Waals surface area contributed by atoms with Crippen molar-refractivity contribution in [2.75, 3.05) is 56.2 Å². The summed E-state index contributed by atoms with van der Waals surface area (Å²) in [6, 6.07) is 9.07. The van der Waals surface area contributed by atoms with E-state index >= 15 is 0 Å². The Kier molecular flexibility index (Phi) is 8.02. The number of carbonyl (C=O) groups is 1. The number of hydrogen-bond acceptors (Lipinski definition) is 9. The maximum Gasteiger partial charge on any atom is 0.318 e. The Balaban J connectivity index is 1.33. The molecule has 1 aromatic carbocycles. The SMILES string of the molecule is C=CC(=O)N1CCN(c2nc(OC[C@@H]3CCCN3C)nc3c2CCN(c2cccc4scc(Cl)c24)C3)C[C@@H]1CC#N. The van der Waals surface area contributed by atoms with Crippen LogP contribution in [0.1, 0.15) is 30.5 Å². The normalized spacial score (nSPS) is 21.1. The first kappa shape index (κ1) is 27.8. The molecular formula is C30H34ClN7O2S. The van der Waals surface area contributed by atoms with Crippen molar-refractivity contribution in [1.29, 1.82) is 5.26 Å². The predicted molar refractivity (Wildman–Crippen MR) is 163 cm³/mol. The largest absolute Gasteiger partial charge is 0.462 e. The average Bonchev–Trinajstić information content (AvgIpc) is 3.59. The van der Waals surface area contributed by atoms with Gasteiger partial charge in [0.1, 0.15) is 12.4 Å². The minimum Gasteiger partial charge on any atom is -0.462 e. The summed E-state index contributed by atoms with van der Waals surface area (Å²) in [4.78, 5) is 31.0. The van der Waals surface area contributed by atoms with E-state index in [2.05, 4.69) is 52.6 Å². The molecule has 2 atom stereocenters. The van der Waals surface area contributed by atoms with Gasteiger partial charge in [-0.3, -0.25) is 4.79 Å². The fraction of sp³-hybridized carbons (Fsp3) is 0.467. The van der Waals surface area contributed by atoms with Crippen LogP contribution >= 0.6 is 22.9 Å². The first-order valence-corrected chi connectivity index (χ1v) is 15.4. The van der Waals surface area contributed by atoms with Crippen molar-refractivity contribution in [2.45, 2.75) is 44.3 Å². The number of likely N-dealkylation sites (N-methyl/N-ethyl adjacent to an activating group) is 1. The minimum atomic E-state index is -0.236. The van der Waals surface area contributed by atoms with Crippen molar-refractivity contribution in [2.24, 2.45) is 0 Å². The van der Waals surface area contributed by atoms with Gasteiger partial charge in [-0.25, -0.2) is 0 Å². The number of hydrogen-bond donors (Lipinski definition) is 0. The summed E-state index contributed by atoms with van der Waals surface area (Å²) in [5, 5.41) is 13.4. The molecule has 9 nitrogen and oxygen atoms in total. The number of carbonyl (C=O) groups excluding carboxylic acids is 1. The van der Waals surface area contributed by atoms with Crippen LogP contribution in [0.2, 0.25) is 5.02 Å².